The number of aliphatic carboxylic acids is 1. The van der Waals surface area contributed by atoms with Crippen molar-refractivity contribution in [2.24, 2.45) is 5.92 Å². The molecule has 0 spiro atoms. The van der Waals surface area contributed by atoms with Crippen molar-refractivity contribution in [1.82, 2.24) is 25.0 Å². The first-order valence-electron chi connectivity index (χ1n) is 5.21. The van der Waals surface area contributed by atoms with Crippen LogP contribution in [0.15, 0.2) is 12.4 Å². The smallest absolute Gasteiger partial charge is 0.308 e. The molecule has 0 aliphatic heterocycles. The van der Waals surface area contributed by atoms with Crippen LogP contribution in [0.5, 0.6) is 0 Å². The van der Waals surface area contributed by atoms with Crippen LogP contribution >= 0.6 is 0 Å². The second-order valence-electron chi connectivity index (χ2n) is 3.57. The lowest BCUT2D eigenvalue weighted by molar-refractivity contribution is -0.141. The Balaban J connectivity index is 2.13. The van der Waals surface area contributed by atoms with E-state index >= 15 is 0 Å². The van der Waals surface area contributed by atoms with Crippen molar-refractivity contribution in [3.05, 3.63) is 12.4 Å². The Bertz CT molecular complexity index is 525. The van der Waals surface area contributed by atoms with Gasteiger partial charge in [-0.15, -0.1) is 5.10 Å². The molecule has 0 saturated heterocycles. The number of hydrogen-bond acceptors (Lipinski definition) is 6. The summed E-state index contributed by atoms with van der Waals surface area (Å²) in [5, 5.41) is 22.9. The Hall–Kier alpha value is -2.25. The van der Waals surface area contributed by atoms with Gasteiger partial charge >= 0.3 is 5.97 Å². The number of nitrogens with one attached hydrogen (secondary N) is 1. The number of hydrogen-bond donors (Lipinski definition) is 2. The molecule has 0 radical (unpaired) electrons. The van der Waals surface area contributed by atoms with E-state index in [9.17, 15) is 4.79 Å². The molecule has 1 atom stereocenters. The molecule has 0 aliphatic carbocycles. The Kier molecular flexibility index (Phi) is 3.12. The van der Waals surface area contributed by atoms with E-state index < -0.39 is 11.9 Å². The van der Waals surface area contributed by atoms with Crippen LogP contribution in [-0.4, -0.2) is 42.6 Å². The van der Waals surface area contributed by atoms with Crippen LogP contribution in [0.3, 0.4) is 0 Å². The molecule has 17 heavy (non-hydrogen) atoms. The molecule has 90 valence electrons. The third-order valence-electron chi connectivity index (χ3n) is 2.48. The minimum absolute atomic E-state index is 0.312. The lowest BCUT2D eigenvalue weighted by atomic mass is 10.1. The van der Waals surface area contributed by atoms with Gasteiger partial charge < -0.3 is 10.4 Å². The molecule has 0 saturated carbocycles. The zero-order chi connectivity index (χ0) is 12.3. The van der Waals surface area contributed by atoms with Gasteiger partial charge in [0.1, 0.15) is 5.82 Å². The van der Waals surface area contributed by atoms with Crippen molar-refractivity contribution in [3.63, 3.8) is 0 Å². The summed E-state index contributed by atoms with van der Waals surface area (Å²) in [6, 6.07) is 0. The summed E-state index contributed by atoms with van der Waals surface area (Å²) in [7, 11) is 0. The number of fused-ring (bicyclic) bond motifs is 1. The highest BCUT2D eigenvalue weighted by atomic mass is 16.4. The van der Waals surface area contributed by atoms with Crippen molar-refractivity contribution < 1.29 is 9.90 Å². The monoisotopic (exact) mass is 236 g/mol. The summed E-state index contributed by atoms with van der Waals surface area (Å²) in [5.41, 5.74) is 0.512. The topological polar surface area (TPSA) is 105 Å². The molecular formula is C9H12N6O2. The Morgan fingerprint density at radius 2 is 2.41 bits per heavy atom. The molecule has 0 bridgehead atoms. The molecule has 2 N–H and O–H groups in total. The minimum atomic E-state index is -0.822. The van der Waals surface area contributed by atoms with Gasteiger partial charge in [0.05, 0.1) is 18.3 Å². The first kappa shape index (κ1) is 11.2. The van der Waals surface area contributed by atoms with Crippen molar-refractivity contribution in [2.75, 3.05) is 11.9 Å². The van der Waals surface area contributed by atoms with Crippen LogP contribution < -0.4 is 5.32 Å². The van der Waals surface area contributed by atoms with Crippen LogP contribution in [0.2, 0.25) is 0 Å². The summed E-state index contributed by atoms with van der Waals surface area (Å²) >= 11 is 0. The molecule has 0 aromatic carbocycles. The summed E-state index contributed by atoms with van der Waals surface area (Å²) in [6.45, 7) is 2.14. The van der Waals surface area contributed by atoms with Crippen LogP contribution in [0, 0.1) is 5.92 Å². The number of carbonyl (C=O) groups is 1. The number of carboxylic acid groups (broad SMARTS) is 1. The number of aromatic nitrogens is 5. The van der Waals surface area contributed by atoms with Crippen LogP contribution in [0.1, 0.15) is 13.3 Å². The fourth-order valence-corrected chi connectivity index (χ4v) is 1.43. The molecule has 0 fully saturated rings. The van der Waals surface area contributed by atoms with Gasteiger partial charge in [-0.05, 0) is 16.8 Å². The van der Waals surface area contributed by atoms with Gasteiger partial charge in [-0.25, -0.2) is 0 Å². The molecule has 2 aromatic rings. The molecule has 2 aromatic heterocycles. The highest BCUT2D eigenvalue weighted by Crippen LogP contribution is 2.08. The summed E-state index contributed by atoms with van der Waals surface area (Å²) in [5.74, 6) is -0.689. The highest BCUT2D eigenvalue weighted by Gasteiger charge is 2.15. The largest absolute Gasteiger partial charge is 0.481 e. The van der Waals surface area contributed by atoms with Crippen LogP contribution in [-0.2, 0) is 4.79 Å². The van der Waals surface area contributed by atoms with Gasteiger partial charge in [0.2, 0.25) is 0 Å². The maximum atomic E-state index is 10.9. The standard InChI is InChI=1S/C9H12N6O2/c1-2-6(9(16)17)3-11-7-4-10-5-8-12-13-14-15(7)8/h4-6,11H,2-3H2,1H3,(H,16,17). The number of anilines is 1. The van der Waals surface area contributed by atoms with Gasteiger partial charge in [0.25, 0.3) is 0 Å². The Morgan fingerprint density at radius 3 is 3.12 bits per heavy atom. The first-order valence-corrected chi connectivity index (χ1v) is 5.21. The van der Waals surface area contributed by atoms with Gasteiger partial charge in [-0.3, -0.25) is 9.78 Å². The molecule has 8 heteroatoms. The lowest BCUT2D eigenvalue weighted by Crippen LogP contribution is -2.23. The number of rotatable bonds is 5. The zero-order valence-electron chi connectivity index (χ0n) is 9.24. The predicted octanol–water partition coefficient (Wildman–Crippen LogP) is 0.0420. The van der Waals surface area contributed by atoms with Gasteiger partial charge in [-0.2, -0.15) is 4.52 Å². The SMILES string of the molecule is CCC(CNc1cncc2nnnn12)C(=O)O. The van der Waals surface area contributed by atoms with E-state index in [4.69, 9.17) is 5.11 Å². The first-order chi connectivity index (χ1) is 8.22. The fraction of sp³-hybridized carbons (Fsp3) is 0.444. The molecule has 2 rings (SSSR count). The second-order valence-corrected chi connectivity index (χ2v) is 3.57. The fourth-order valence-electron chi connectivity index (χ4n) is 1.43. The molecular weight excluding hydrogens is 224 g/mol. The van der Waals surface area contributed by atoms with Crippen molar-refractivity contribution in [3.8, 4) is 0 Å². The summed E-state index contributed by atoms with van der Waals surface area (Å²) < 4.78 is 1.47. The summed E-state index contributed by atoms with van der Waals surface area (Å²) in [6.07, 6.45) is 3.64. The number of carboxylic acids is 1. The molecule has 0 amide bonds. The van der Waals surface area contributed by atoms with E-state index in [2.05, 4.69) is 25.8 Å². The second kappa shape index (κ2) is 4.73. The summed E-state index contributed by atoms with van der Waals surface area (Å²) in [4.78, 5) is 14.8. The predicted molar refractivity (Wildman–Crippen MR) is 58.5 cm³/mol. The van der Waals surface area contributed by atoms with E-state index in [1.807, 2.05) is 6.92 Å². The van der Waals surface area contributed by atoms with E-state index in [1.54, 1.807) is 6.20 Å². The third-order valence-corrected chi connectivity index (χ3v) is 2.48. The molecule has 2 heterocycles. The number of nitrogens with zero attached hydrogens (tertiary/aromatic N) is 5. The van der Waals surface area contributed by atoms with Gasteiger partial charge in [0, 0.05) is 6.54 Å². The van der Waals surface area contributed by atoms with Crippen molar-refractivity contribution in [2.45, 2.75) is 13.3 Å². The van der Waals surface area contributed by atoms with Crippen molar-refractivity contribution in [1.29, 1.82) is 0 Å². The Labute approximate surface area is 96.7 Å². The van der Waals surface area contributed by atoms with Crippen LogP contribution in [0.25, 0.3) is 5.65 Å². The van der Waals surface area contributed by atoms with E-state index in [0.717, 1.165) is 0 Å². The molecule has 1 unspecified atom stereocenters. The average molecular weight is 236 g/mol. The van der Waals surface area contributed by atoms with E-state index in [1.165, 1.54) is 10.7 Å². The third kappa shape index (κ3) is 2.30. The van der Waals surface area contributed by atoms with Crippen LogP contribution in [0.4, 0.5) is 5.82 Å². The van der Waals surface area contributed by atoms with E-state index in [0.29, 0.717) is 24.4 Å². The maximum Gasteiger partial charge on any atom is 0.308 e. The lowest BCUT2D eigenvalue weighted by Gasteiger charge is -2.11. The highest BCUT2D eigenvalue weighted by molar-refractivity contribution is 5.70. The number of tetrazole rings is 1. The normalized spacial score (nSPS) is 12.5. The molecule has 8 nitrogen and oxygen atoms in total. The zero-order valence-corrected chi connectivity index (χ0v) is 9.24. The molecule has 0 aliphatic rings. The van der Waals surface area contributed by atoms with Gasteiger partial charge in [0.15, 0.2) is 5.65 Å². The average Bonchev–Trinajstić information content (AvgIpc) is 2.78. The van der Waals surface area contributed by atoms with Crippen molar-refractivity contribution >= 4 is 17.4 Å². The van der Waals surface area contributed by atoms with Gasteiger partial charge in [-0.1, -0.05) is 6.92 Å². The maximum absolute atomic E-state index is 10.9. The minimum Gasteiger partial charge on any atom is -0.481 e. The Morgan fingerprint density at radius 1 is 1.59 bits per heavy atom. The quantitative estimate of drug-likeness (QED) is 0.755. The van der Waals surface area contributed by atoms with E-state index in [-0.39, 0.29) is 0 Å².